The normalized spacial score (nSPS) is 14.8. The molecule has 8 heteroatoms. The van der Waals surface area contributed by atoms with Crippen LogP contribution in [0.1, 0.15) is 63.3 Å². The summed E-state index contributed by atoms with van der Waals surface area (Å²) < 4.78 is 13.3. The number of amides is 1. The van der Waals surface area contributed by atoms with Crippen LogP contribution in [0.2, 0.25) is 0 Å². The van der Waals surface area contributed by atoms with Crippen molar-refractivity contribution in [2.75, 3.05) is 0 Å². The molecule has 0 aromatic carbocycles. The average Bonchev–Trinajstić information content (AvgIpc) is 3.25. The molecule has 1 amide bonds. The largest absolute Gasteiger partial charge is 0.455 e. The fourth-order valence-electron chi connectivity index (χ4n) is 4.34. The second kappa shape index (κ2) is 7.47. The number of carbonyl (C=O) groups is 1. The zero-order valence-electron chi connectivity index (χ0n) is 17.8. The third-order valence-corrected chi connectivity index (χ3v) is 6.16. The minimum absolute atomic E-state index is 0.248. The minimum atomic E-state index is -0.248. The number of aryl methyl sites for hydroxylation is 2. The lowest BCUT2D eigenvalue weighted by molar-refractivity contribution is 0.0919. The van der Waals surface area contributed by atoms with Gasteiger partial charge in [-0.1, -0.05) is 11.2 Å². The number of hydrogen-bond donors (Lipinski definition) is 1. The van der Waals surface area contributed by atoms with Crippen LogP contribution in [0.5, 0.6) is 0 Å². The van der Waals surface area contributed by atoms with Crippen molar-refractivity contribution in [3.05, 3.63) is 76.5 Å². The molecule has 0 bridgehead atoms. The molecule has 0 aliphatic heterocycles. The highest BCUT2D eigenvalue weighted by Gasteiger charge is 2.30. The van der Waals surface area contributed by atoms with E-state index in [0.29, 0.717) is 24.8 Å². The van der Waals surface area contributed by atoms with Gasteiger partial charge in [0.05, 0.1) is 24.5 Å². The highest BCUT2D eigenvalue weighted by Crippen LogP contribution is 2.40. The van der Waals surface area contributed by atoms with E-state index in [0.717, 1.165) is 65.4 Å². The fraction of sp³-hybridized carbons (Fsp3) is 0.333. The standard InChI is InChI=1S/C24H23N5O3/c1-14-21-19(8-7-16-12-29(27-22(16)21)13-17-4-2-3-9-25-17)31-23(14)24(30)26-11-18-10-20(32-28-18)15-5-6-15/h2-4,9-10,12,15H,5-8,11,13H2,1H3,(H,26,30). The molecule has 1 N–H and O–H groups in total. The first-order valence-electron chi connectivity index (χ1n) is 11.0. The number of carbonyl (C=O) groups excluding carboxylic acids is 1. The quantitative estimate of drug-likeness (QED) is 0.501. The molecule has 2 aliphatic carbocycles. The topological polar surface area (TPSA) is 99.0 Å². The van der Waals surface area contributed by atoms with Gasteiger partial charge in [-0.25, -0.2) is 0 Å². The Hall–Kier alpha value is -3.68. The van der Waals surface area contributed by atoms with Crippen molar-refractivity contribution in [1.82, 2.24) is 25.2 Å². The van der Waals surface area contributed by atoms with E-state index in [1.807, 2.05) is 35.9 Å². The van der Waals surface area contributed by atoms with Gasteiger partial charge < -0.3 is 14.3 Å². The Morgan fingerprint density at radius 2 is 2.16 bits per heavy atom. The highest BCUT2D eigenvalue weighted by molar-refractivity contribution is 5.95. The van der Waals surface area contributed by atoms with Crippen LogP contribution in [0.25, 0.3) is 11.3 Å². The predicted octanol–water partition coefficient (Wildman–Crippen LogP) is 3.79. The van der Waals surface area contributed by atoms with Crippen LogP contribution in [0.15, 0.2) is 45.6 Å². The van der Waals surface area contributed by atoms with E-state index in [1.54, 1.807) is 6.20 Å². The molecule has 2 aliphatic rings. The molecule has 4 aromatic rings. The summed E-state index contributed by atoms with van der Waals surface area (Å²) in [5.41, 5.74) is 5.50. The first kappa shape index (κ1) is 19.0. The van der Waals surface area contributed by atoms with Crippen molar-refractivity contribution in [1.29, 1.82) is 0 Å². The summed E-state index contributed by atoms with van der Waals surface area (Å²) in [5, 5.41) is 11.8. The van der Waals surface area contributed by atoms with Gasteiger partial charge in [0.25, 0.3) is 5.91 Å². The summed E-state index contributed by atoms with van der Waals surface area (Å²) in [6, 6.07) is 7.79. The van der Waals surface area contributed by atoms with Gasteiger partial charge in [0.2, 0.25) is 0 Å². The lowest BCUT2D eigenvalue weighted by atomic mass is 9.93. The van der Waals surface area contributed by atoms with Crippen molar-refractivity contribution < 1.29 is 13.7 Å². The van der Waals surface area contributed by atoms with Crippen LogP contribution >= 0.6 is 0 Å². The third-order valence-electron chi connectivity index (χ3n) is 6.16. The summed E-state index contributed by atoms with van der Waals surface area (Å²) in [4.78, 5) is 17.3. The van der Waals surface area contributed by atoms with Crippen LogP contribution in [0, 0.1) is 6.92 Å². The van der Waals surface area contributed by atoms with Gasteiger partial charge in [-0.3, -0.25) is 14.5 Å². The van der Waals surface area contributed by atoms with Gasteiger partial charge in [0.15, 0.2) is 5.76 Å². The number of aromatic nitrogens is 4. The Kier molecular flexibility index (Phi) is 4.45. The van der Waals surface area contributed by atoms with Crippen LogP contribution in [-0.2, 0) is 25.9 Å². The van der Waals surface area contributed by atoms with E-state index in [4.69, 9.17) is 14.0 Å². The Bertz CT molecular complexity index is 1300. The van der Waals surface area contributed by atoms with Gasteiger partial charge in [-0.05, 0) is 43.9 Å². The number of nitrogens with zero attached hydrogens (tertiary/aromatic N) is 4. The first-order chi connectivity index (χ1) is 15.7. The smallest absolute Gasteiger partial charge is 0.287 e. The van der Waals surface area contributed by atoms with Crippen LogP contribution in [0.3, 0.4) is 0 Å². The SMILES string of the molecule is Cc1c(C(=O)NCc2cc(C3CC3)on2)oc2c1-c1nn(Cc3ccccn3)cc1CC2. The Morgan fingerprint density at radius 3 is 2.97 bits per heavy atom. The van der Waals surface area contributed by atoms with Gasteiger partial charge in [-0.2, -0.15) is 5.10 Å². The second-order valence-corrected chi connectivity index (χ2v) is 8.55. The summed E-state index contributed by atoms with van der Waals surface area (Å²) in [7, 11) is 0. The molecule has 0 unspecified atom stereocenters. The van der Waals surface area contributed by atoms with Crippen LogP contribution in [-0.4, -0.2) is 25.8 Å². The van der Waals surface area contributed by atoms with Gasteiger partial charge in [0.1, 0.15) is 17.2 Å². The Labute approximate surface area is 184 Å². The molecule has 4 aromatic heterocycles. The number of pyridine rings is 1. The number of furan rings is 1. The van der Waals surface area contributed by atoms with Gasteiger partial charge >= 0.3 is 0 Å². The molecule has 6 rings (SSSR count). The molecule has 8 nitrogen and oxygen atoms in total. The summed E-state index contributed by atoms with van der Waals surface area (Å²) in [5.74, 6) is 2.32. The van der Waals surface area contributed by atoms with Gasteiger partial charge in [0, 0.05) is 41.9 Å². The second-order valence-electron chi connectivity index (χ2n) is 8.55. The zero-order chi connectivity index (χ0) is 21.7. The van der Waals surface area contributed by atoms with Gasteiger partial charge in [-0.15, -0.1) is 0 Å². The van der Waals surface area contributed by atoms with Crippen LogP contribution < -0.4 is 5.32 Å². The maximum Gasteiger partial charge on any atom is 0.287 e. The number of rotatable bonds is 6. The summed E-state index contributed by atoms with van der Waals surface area (Å²) in [6.45, 7) is 2.84. The Balaban J connectivity index is 1.22. The number of nitrogens with one attached hydrogen (secondary N) is 1. The maximum absolute atomic E-state index is 12.9. The fourth-order valence-corrected chi connectivity index (χ4v) is 4.34. The molecular weight excluding hydrogens is 406 g/mol. The first-order valence-corrected chi connectivity index (χ1v) is 11.0. The van der Waals surface area contributed by atoms with Crippen LogP contribution in [0.4, 0.5) is 0 Å². The van der Waals surface area contributed by atoms with Crippen molar-refractivity contribution in [3.63, 3.8) is 0 Å². The molecule has 32 heavy (non-hydrogen) atoms. The molecule has 0 spiro atoms. The molecule has 4 heterocycles. The molecule has 1 fully saturated rings. The zero-order valence-corrected chi connectivity index (χ0v) is 17.8. The summed E-state index contributed by atoms with van der Waals surface area (Å²) in [6.07, 6.45) is 7.74. The minimum Gasteiger partial charge on any atom is -0.455 e. The van der Waals surface area contributed by atoms with E-state index >= 15 is 0 Å². The van der Waals surface area contributed by atoms with E-state index in [-0.39, 0.29) is 5.91 Å². The molecule has 0 atom stereocenters. The lowest BCUT2D eigenvalue weighted by Crippen LogP contribution is -2.23. The number of hydrogen-bond acceptors (Lipinski definition) is 6. The molecule has 1 saturated carbocycles. The molecule has 162 valence electrons. The lowest BCUT2D eigenvalue weighted by Gasteiger charge is -2.09. The van der Waals surface area contributed by atoms with E-state index in [2.05, 4.69) is 21.7 Å². The Morgan fingerprint density at radius 1 is 1.25 bits per heavy atom. The number of fused-ring (bicyclic) bond motifs is 3. The van der Waals surface area contributed by atoms with Crippen molar-refractivity contribution in [2.45, 2.75) is 51.6 Å². The maximum atomic E-state index is 12.9. The van der Waals surface area contributed by atoms with Crippen molar-refractivity contribution in [2.24, 2.45) is 0 Å². The van der Waals surface area contributed by atoms with E-state index < -0.39 is 0 Å². The van der Waals surface area contributed by atoms with Crippen molar-refractivity contribution in [3.8, 4) is 11.3 Å². The van der Waals surface area contributed by atoms with Crippen molar-refractivity contribution >= 4 is 5.91 Å². The van der Waals surface area contributed by atoms with E-state index in [1.165, 1.54) is 5.56 Å². The molecule has 0 saturated heterocycles. The summed E-state index contributed by atoms with van der Waals surface area (Å²) >= 11 is 0. The third kappa shape index (κ3) is 3.41. The van der Waals surface area contributed by atoms with E-state index in [9.17, 15) is 4.79 Å². The molecular formula is C24H23N5O3. The highest BCUT2D eigenvalue weighted by atomic mass is 16.5. The predicted molar refractivity (Wildman–Crippen MR) is 115 cm³/mol. The average molecular weight is 429 g/mol. The monoisotopic (exact) mass is 429 g/mol. The molecule has 0 radical (unpaired) electrons.